The summed E-state index contributed by atoms with van der Waals surface area (Å²) in [4.78, 5) is 4.39. The summed E-state index contributed by atoms with van der Waals surface area (Å²) in [6.07, 6.45) is 3.39. The lowest BCUT2D eigenvalue weighted by atomic mass is 10.2. The quantitative estimate of drug-likeness (QED) is 0.469. The summed E-state index contributed by atoms with van der Waals surface area (Å²) in [7, 11) is 1.63. The number of methoxy groups -OCH3 is 1. The van der Waals surface area contributed by atoms with Gasteiger partial charge in [-0.25, -0.2) is 4.99 Å². The summed E-state index contributed by atoms with van der Waals surface area (Å²) < 4.78 is 5.25. The maximum absolute atomic E-state index is 5.83. The van der Waals surface area contributed by atoms with Gasteiger partial charge in [0.05, 0.1) is 7.11 Å². The molecule has 1 aromatic carbocycles. The molecule has 0 atom stereocenters. The van der Waals surface area contributed by atoms with E-state index in [1.54, 1.807) is 7.11 Å². The number of hydrogen-bond donors (Lipinski definition) is 1. The SMILES string of the molecule is C=CCCC(N)=Nc1c(C)cccc1OC. The predicted octanol–water partition coefficient (Wildman–Crippen LogP) is 2.96. The molecule has 0 heterocycles. The number of nitrogens with zero attached hydrogens (tertiary/aromatic N) is 1. The third kappa shape index (κ3) is 3.12. The normalized spacial score (nSPS) is 11.2. The number of amidine groups is 1. The van der Waals surface area contributed by atoms with E-state index in [2.05, 4.69) is 11.6 Å². The first-order valence-corrected chi connectivity index (χ1v) is 5.26. The summed E-state index contributed by atoms with van der Waals surface area (Å²) in [5.41, 5.74) is 7.70. The van der Waals surface area contributed by atoms with Gasteiger partial charge in [-0.15, -0.1) is 6.58 Å². The predicted molar refractivity (Wildman–Crippen MR) is 68.4 cm³/mol. The number of hydrogen-bond acceptors (Lipinski definition) is 2. The highest BCUT2D eigenvalue weighted by Gasteiger charge is 2.04. The highest BCUT2D eigenvalue weighted by molar-refractivity contribution is 5.84. The van der Waals surface area contributed by atoms with E-state index in [1.165, 1.54) is 0 Å². The Kier molecular flexibility index (Phi) is 4.58. The second-order valence-electron chi connectivity index (χ2n) is 3.56. The van der Waals surface area contributed by atoms with Crippen molar-refractivity contribution in [3.8, 4) is 5.75 Å². The van der Waals surface area contributed by atoms with E-state index in [0.717, 1.165) is 29.8 Å². The van der Waals surface area contributed by atoms with Crippen molar-refractivity contribution in [2.24, 2.45) is 10.7 Å². The average Bonchev–Trinajstić information content (AvgIpc) is 2.29. The van der Waals surface area contributed by atoms with Gasteiger partial charge in [0.1, 0.15) is 17.3 Å². The molecule has 0 saturated heterocycles. The molecule has 0 bridgehead atoms. The zero-order valence-electron chi connectivity index (χ0n) is 9.86. The Morgan fingerprint density at radius 1 is 1.56 bits per heavy atom. The highest BCUT2D eigenvalue weighted by atomic mass is 16.5. The number of aryl methyl sites for hydroxylation is 1. The molecule has 0 aliphatic carbocycles. The van der Waals surface area contributed by atoms with Crippen LogP contribution in [0.4, 0.5) is 5.69 Å². The molecule has 0 unspecified atom stereocenters. The third-order valence-corrected chi connectivity index (χ3v) is 2.28. The molecule has 0 radical (unpaired) electrons. The smallest absolute Gasteiger partial charge is 0.144 e. The number of allylic oxidation sites excluding steroid dienone is 1. The van der Waals surface area contributed by atoms with Crippen molar-refractivity contribution in [2.75, 3.05) is 7.11 Å². The van der Waals surface area contributed by atoms with Crippen LogP contribution < -0.4 is 10.5 Å². The molecule has 16 heavy (non-hydrogen) atoms. The van der Waals surface area contributed by atoms with Gasteiger partial charge in [-0.2, -0.15) is 0 Å². The Bertz CT molecular complexity index is 397. The Morgan fingerprint density at radius 2 is 2.31 bits per heavy atom. The standard InChI is InChI=1S/C13H18N2O/c1-4-5-9-12(14)15-13-10(2)7-6-8-11(13)16-3/h4,6-8H,1,5,9H2,2-3H3,(H2,14,15). The molecule has 86 valence electrons. The number of rotatable bonds is 5. The van der Waals surface area contributed by atoms with Crippen molar-refractivity contribution < 1.29 is 4.74 Å². The highest BCUT2D eigenvalue weighted by Crippen LogP contribution is 2.30. The molecule has 0 aliphatic rings. The fourth-order valence-electron chi connectivity index (χ4n) is 1.39. The van der Waals surface area contributed by atoms with Gasteiger partial charge in [-0.05, 0) is 25.0 Å². The van der Waals surface area contributed by atoms with Gasteiger partial charge in [-0.3, -0.25) is 0 Å². The van der Waals surface area contributed by atoms with Crippen LogP contribution in [0.2, 0.25) is 0 Å². The molecule has 0 fully saturated rings. The number of para-hydroxylation sites is 1. The monoisotopic (exact) mass is 218 g/mol. The number of nitrogens with two attached hydrogens (primary N) is 1. The third-order valence-electron chi connectivity index (χ3n) is 2.28. The summed E-state index contributed by atoms with van der Waals surface area (Å²) in [5.74, 6) is 1.36. The van der Waals surface area contributed by atoms with Gasteiger partial charge in [0.2, 0.25) is 0 Å². The van der Waals surface area contributed by atoms with Crippen molar-refractivity contribution >= 4 is 11.5 Å². The van der Waals surface area contributed by atoms with Crippen LogP contribution in [-0.4, -0.2) is 12.9 Å². The first-order chi connectivity index (χ1) is 7.69. The molecule has 1 aromatic rings. The van der Waals surface area contributed by atoms with Crippen LogP contribution in [0.25, 0.3) is 0 Å². The first-order valence-electron chi connectivity index (χ1n) is 5.26. The van der Waals surface area contributed by atoms with Gasteiger partial charge in [0.25, 0.3) is 0 Å². The van der Waals surface area contributed by atoms with E-state index in [1.807, 2.05) is 31.2 Å². The van der Waals surface area contributed by atoms with Crippen molar-refractivity contribution in [1.82, 2.24) is 0 Å². The second kappa shape index (κ2) is 5.95. The minimum absolute atomic E-state index is 0.604. The van der Waals surface area contributed by atoms with Crippen molar-refractivity contribution in [3.63, 3.8) is 0 Å². The Balaban J connectivity index is 2.98. The maximum atomic E-state index is 5.83. The molecular formula is C13H18N2O. The lowest BCUT2D eigenvalue weighted by molar-refractivity contribution is 0.416. The van der Waals surface area contributed by atoms with Gasteiger partial charge in [0, 0.05) is 6.42 Å². The van der Waals surface area contributed by atoms with Crippen LogP contribution in [0.1, 0.15) is 18.4 Å². The fourth-order valence-corrected chi connectivity index (χ4v) is 1.39. The number of aliphatic imine (C=N–C) groups is 1. The molecule has 0 spiro atoms. The molecule has 0 amide bonds. The molecule has 2 N–H and O–H groups in total. The van der Waals surface area contributed by atoms with Crippen LogP contribution in [0.3, 0.4) is 0 Å². The molecule has 3 heteroatoms. The summed E-state index contributed by atoms with van der Waals surface area (Å²) in [6, 6.07) is 5.81. The average molecular weight is 218 g/mol. The maximum Gasteiger partial charge on any atom is 0.144 e. The number of ether oxygens (including phenoxy) is 1. The Morgan fingerprint density at radius 3 is 2.94 bits per heavy atom. The zero-order chi connectivity index (χ0) is 12.0. The molecule has 0 aromatic heterocycles. The summed E-state index contributed by atoms with van der Waals surface area (Å²) >= 11 is 0. The minimum Gasteiger partial charge on any atom is -0.494 e. The van der Waals surface area contributed by atoms with E-state index in [4.69, 9.17) is 10.5 Å². The fraction of sp³-hybridized carbons (Fsp3) is 0.308. The second-order valence-corrected chi connectivity index (χ2v) is 3.56. The van der Waals surface area contributed by atoms with E-state index in [9.17, 15) is 0 Å². The van der Waals surface area contributed by atoms with E-state index < -0.39 is 0 Å². The van der Waals surface area contributed by atoms with E-state index in [-0.39, 0.29) is 0 Å². The topological polar surface area (TPSA) is 47.6 Å². The minimum atomic E-state index is 0.604. The van der Waals surface area contributed by atoms with Gasteiger partial charge in [0.15, 0.2) is 0 Å². The lowest BCUT2D eigenvalue weighted by Crippen LogP contribution is -2.10. The molecule has 1 rings (SSSR count). The van der Waals surface area contributed by atoms with E-state index >= 15 is 0 Å². The number of benzene rings is 1. The Labute approximate surface area is 96.6 Å². The van der Waals surface area contributed by atoms with Crippen molar-refractivity contribution in [3.05, 3.63) is 36.4 Å². The Hall–Kier alpha value is -1.77. The molecule has 0 aliphatic heterocycles. The molecule has 3 nitrogen and oxygen atoms in total. The van der Waals surface area contributed by atoms with Crippen molar-refractivity contribution in [1.29, 1.82) is 0 Å². The summed E-state index contributed by atoms with van der Waals surface area (Å²) in [5, 5.41) is 0. The largest absolute Gasteiger partial charge is 0.494 e. The summed E-state index contributed by atoms with van der Waals surface area (Å²) in [6.45, 7) is 5.64. The zero-order valence-corrected chi connectivity index (χ0v) is 9.86. The molecule has 0 saturated carbocycles. The first kappa shape index (κ1) is 12.3. The van der Waals surface area contributed by atoms with Crippen molar-refractivity contribution in [2.45, 2.75) is 19.8 Å². The van der Waals surface area contributed by atoms with Crippen LogP contribution in [0.5, 0.6) is 5.75 Å². The van der Waals surface area contributed by atoms with E-state index in [0.29, 0.717) is 5.84 Å². The van der Waals surface area contributed by atoms with Crippen LogP contribution in [-0.2, 0) is 0 Å². The van der Waals surface area contributed by atoms with Crippen LogP contribution >= 0.6 is 0 Å². The lowest BCUT2D eigenvalue weighted by Gasteiger charge is -2.08. The van der Waals surface area contributed by atoms with Crippen LogP contribution in [0.15, 0.2) is 35.8 Å². The van der Waals surface area contributed by atoms with Gasteiger partial charge >= 0.3 is 0 Å². The van der Waals surface area contributed by atoms with Crippen LogP contribution in [0, 0.1) is 6.92 Å². The van der Waals surface area contributed by atoms with Gasteiger partial charge < -0.3 is 10.5 Å². The van der Waals surface area contributed by atoms with Gasteiger partial charge in [-0.1, -0.05) is 18.2 Å². The molecular weight excluding hydrogens is 200 g/mol.